The first-order chi connectivity index (χ1) is 12.8. The number of carboxylic acids is 1. The van der Waals surface area contributed by atoms with Crippen molar-refractivity contribution in [1.29, 1.82) is 0 Å². The van der Waals surface area contributed by atoms with Crippen molar-refractivity contribution in [3.05, 3.63) is 74.2 Å². The molecule has 2 aromatic carbocycles. The maximum absolute atomic E-state index is 12.1. The number of carboxylic acid groups (broad SMARTS) is 1. The molecular weight excluding hydrogens is 370 g/mol. The summed E-state index contributed by atoms with van der Waals surface area (Å²) in [6.45, 7) is 1.77. The molecule has 1 N–H and O–H groups in total. The Bertz CT molecular complexity index is 1010. The summed E-state index contributed by atoms with van der Waals surface area (Å²) in [7, 11) is 0. The zero-order valence-corrected chi connectivity index (χ0v) is 14.8. The van der Waals surface area contributed by atoms with E-state index in [0.29, 0.717) is 21.3 Å². The molecule has 0 aromatic heterocycles. The fourth-order valence-corrected chi connectivity index (χ4v) is 3.13. The predicted molar refractivity (Wildman–Crippen MR) is 99.4 cm³/mol. The molecule has 27 heavy (non-hydrogen) atoms. The van der Waals surface area contributed by atoms with Gasteiger partial charge < -0.3 is 15.2 Å². The van der Waals surface area contributed by atoms with Crippen molar-refractivity contribution in [2.24, 2.45) is 4.99 Å². The second-order valence-electron chi connectivity index (χ2n) is 5.62. The maximum atomic E-state index is 12.1. The molecule has 2 aromatic rings. The lowest BCUT2D eigenvalue weighted by Gasteiger charge is -2.06. The maximum Gasteiger partial charge on any atom is 0.269 e. The van der Waals surface area contributed by atoms with Crippen LogP contribution in [0.5, 0.6) is 0 Å². The molecule has 0 bridgehead atoms. The van der Waals surface area contributed by atoms with Gasteiger partial charge in [0.05, 0.1) is 21.5 Å². The number of carbonyl (C=O) groups excluding carboxylic acids is 2. The molecule has 1 aliphatic heterocycles. The minimum Gasteiger partial charge on any atom is -0.545 e. The van der Waals surface area contributed by atoms with E-state index in [1.54, 1.807) is 31.2 Å². The molecule has 1 heterocycles. The van der Waals surface area contributed by atoms with Gasteiger partial charge in [0.2, 0.25) is 0 Å². The fourth-order valence-electron chi connectivity index (χ4n) is 2.29. The number of aryl methyl sites for hydroxylation is 1. The van der Waals surface area contributed by atoms with Gasteiger partial charge in [-0.2, -0.15) is 0 Å². The largest absolute Gasteiger partial charge is 0.545 e. The van der Waals surface area contributed by atoms with Crippen LogP contribution in [0.2, 0.25) is 0 Å². The molecule has 0 radical (unpaired) electrons. The second kappa shape index (κ2) is 7.42. The molecule has 8 nitrogen and oxygen atoms in total. The third-order valence-electron chi connectivity index (χ3n) is 3.72. The summed E-state index contributed by atoms with van der Waals surface area (Å²) in [6, 6.07) is 10.2. The van der Waals surface area contributed by atoms with Gasteiger partial charge in [-0.25, -0.2) is 4.99 Å². The van der Waals surface area contributed by atoms with Gasteiger partial charge in [-0.3, -0.25) is 14.9 Å². The molecule has 1 saturated heterocycles. The Morgan fingerprint density at radius 2 is 1.93 bits per heavy atom. The fraction of sp³-hybridized carbons (Fsp3) is 0.0556. The van der Waals surface area contributed by atoms with E-state index in [-0.39, 0.29) is 17.2 Å². The molecule has 1 fully saturated rings. The van der Waals surface area contributed by atoms with E-state index >= 15 is 0 Å². The third kappa shape index (κ3) is 4.21. The lowest BCUT2D eigenvalue weighted by Crippen LogP contribution is -2.22. The van der Waals surface area contributed by atoms with Crippen LogP contribution in [0.25, 0.3) is 6.08 Å². The van der Waals surface area contributed by atoms with Crippen LogP contribution in [-0.4, -0.2) is 22.0 Å². The average Bonchev–Trinajstić information content (AvgIpc) is 2.96. The second-order valence-corrected chi connectivity index (χ2v) is 6.65. The quantitative estimate of drug-likeness (QED) is 0.491. The standard InChI is InChI=1S/C18H13N3O5S/c1-10-2-5-12(17(23)24)9-14(10)19-18-20-16(22)15(27-18)8-11-3-6-13(7-4-11)21(25)26/h2-9H,1H3,(H,23,24)(H,19,20,22)/p-1/b15-8-. The number of carbonyl (C=O) groups is 2. The molecule has 136 valence electrons. The van der Waals surface area contributed by atoms with Crippen LogP contribution >= 0.6 is 11.8 Å². The average molecular weight is 382 g/mol. The summed E-state index contributed by atoms with van der Waals surface area (Å²) in [6.07, 6.45) is 1.59. The van der Waals surface area contributed by atoms with Gasteiger partial charge in [-0.05, 0) is 59.7 Å². The number of non-ortho nitro benzene ring substituents is 1. The van der Waals surface area contributed by atoms with Crippen LogP contribution in [-0.2, 0) is 4.79 Å². The number of hydrogen-bond donors (Lipinski definition) is 1. The molecule has 0 atom stereocenters. The van der Waals surface area contributed by atoms with Crippen LogP contribution < -0.4 is 10.4 Å². The summed E-state index contributed by atoms with van der Waals surface area (Å²) in [5, 5.41) is 24.6. The van der Waals surface area contributed by atoms with Crippen molar-refractivity contribution >= 4 is 46.3 Å². The summed E-state index contributed by atoms with van der Waals surface area (Å²) in [5.41, 5.74) is 1.75. The van der Waals surface area contributed by atoms with Crippen LogP contribution in [0.4, 0.5) is 11.4 Å². The van der Waals surface area contributed by atoms with Gasteiger partial charge in [0.1, 0.15) is 0 Å². The van der Waals surface area contributed by atoms with Gasteiger partial charge in [-0.15, -0.1) is 0 Å². The Kier molecular flexibility index (Phi) is 5.04. The lowest BCUT2D eigenvalue weighted by atomic mass is 10.1. The summed E-state index contributed by atoms with van der Waals surface area (Å²) in [4.78, 5) is 38.0. The molecule has 1 aliphatic rings. The highest BCUT2D eigenvalue weighted by Gasteiger charge is 2.24. The highest BCUT2D eigenvalue weighted by molar-refractivity contribution is 8.18. The van der Waals surface area contributed by atoms with E-state index in [1.807, 2.05) is 0 Å². The Hall–Kier alpha value is -3.46. The van der Waals surface area contributed by atoms with Gasteiger partial charge in [0.15, 0.2) is 5.17 Å². The summed E-state index contributed by atoms with van der Waals surface area (Å²) < 4.78 is 0. The minimum absolute atomic E-state index is 0.00378. The molecule has 0 unspecified atom stereocenters. The van der Waals surface area contributed by atoms with Gasteiger partial charge in [0, 0.05) is 12.1 Å². The number of hydrogen-bond acceptors (Lipinski definition) is 7. The number of nitro benzene ring substituents is 1. The van der Waals surface area contributed by atoms with Crippen molar-refractivity contribution in [2.45, 2.75) is 6.92 Å². The summed E-state index contributed by atoms with van der Waals surface area (Å²) >= 11 is 1.10. The van der Waals surface area contributed by atoms with Gasteiger partial charge >= 0.3 is 0 Å². The van der Waals surface area contributed by atoms with Crippen molar-refractivity contribution in [1.82, 2.24) is 5.32 Å². The number of rotatable bonds is 4. The predicted octanol–water partition coefficient (Wildman–Crippen LogP) is 2.16. The third-order valence-corrected chi connectivity index (χ3v) is 4.63. The topological polar surface area (TPSA) is 125 Å². The highest BCUT2D eigenvalue weighted by atomic mass is 32.2. The molecule has 0 spiro atoms. The first kappa shape index (κ1) is 18.3. The number of benzene rings is 2. The van der Waals surface area contributed by atoms with Crippen molar-refractivity contribution < 1.29 is 19.6 Å². The smallest absolute Gasteiger partial charge is 0.269 e. The van der Waals surface area contributed by atoms with Crippen molar-refractivity contribution in [3.63, 3.8) is 0 Å². The number of amides is 1. The van der Waals surface area contributed by atoms with E-state index in [2.05, 4.69) is 10.3 Å². The highest BCUT2D eigenvalue weighted by Crippen LogP contribution is 2.29. The molecule has 0 saturated carbocycles. The zero-order valence-electron chi connectivity index (χ0n) is 14.0. The lowest BCUT2D eigenvalue weighted by molar-refractivity contribution is -0.384. The SMILES string of the molecule is Cc1ccc(C(=O)[O-])cc1N=C1NC(=O)/C(=C/c2ccc([N+](=O)[O-])cc2)S1. The molecule has 3 rings (SSSR count). The normalized spacial score (nSPS) is 16.6. The van der Waals surface area contributed by atoms with E-state index < -0.39 is 10.9 Å². The number of thioether (sulfide) groups is 1. The number of aliphatic imine (C=N–C) groups is 1. The monoisotopic (exact) mass is 382 g/mol. The molecule has 1 amide bonds. The number of amidine groups is 1. The van der Waals surface area contributed by atoms with Crippen molar-refractivity contribution in [3.8, 4) is 0 Å². The Morgan fingerprint density at radius 1 is 1.22 bits per heavy atom. The Balaban J connectivity index is 1.85. The van der Waals surface area contributed by atoms with Gasteiger partial charge in [0.25, 0.3) is 11.6 Å². The first-order valence-corrected chi connectivity index (χ1v) is 8.51. The molecular formula is C18H12N3O5S-. The molecule has 0 aliphatic carbocycles. The number of nitrogens with zero attached hydrogens (tertiary/aromatic N) is 2. The number of nitrogens with one attached hydrogen (secondary N) is 1. The Morgan fingerprint density at radius 3 is 2.56 bits per heavy atom. The minimum atomic E-state index is -1.31. The van der Waals surface area contributed by atoms with Crippen LogP contribution in [0.3, 0.4) is 0 Å². The van der Waals surface area contributed by atoms with Crippen LogP contribution in [0, 0.1) is 17.0 Å². The summed E-state index contributed by atoms with van der Waals surface area (Å²) in [5.74, 6) is -1.66. The molecule has 9 heteroatoms. The Labute approximate surface area is 157 Å². The van der Waals surface area contributed by atoms with Crippen molar-refractivity contribution in [2.75, 3.05) is 0 Å². The number of aromatic carboxylic acids is 1. The van der Waals surface area contributed by atoms with Crippen LogP contribution in [0.15, 0.2) is 52.4 Å². The zero-order chi connectivity index (χ0) is 19.6. The van der Waals surface area contributed by atoms with E-state index in [1.165, 1.54) is 24.3 Å². The van der Waals surface area contributed by atoms with Crippen LogP contribution in [0.1, 0.15) is 21.5 Å². The van der Waals surface area contributed by atoms with E-state index in [0.717, 1.165) is 17.3 Å². The van der Waals surface area contributed by atoms with Gasteiger partial charge in [-0.1, -0.05) is 12.1 Å². The van der Waals surface area contributed by atoms with E-state index in [9.17, 15) is 24.8 Å². The first-order valence-electron chi connectivity index (χ1n) is 7.69. The number of nitro groups is 1. The van der Waals surface area contributed by atoms with E-state index in [4.69, 9.17) is 0 Å².